The second-order valence-electron chi connectivity index (χ2n) is 5.08. The van der Waals surface area contributed by atoms with E-state index in [0.29, 0.717) is 18.2 Å². The molecule has 19 heavy (non-hydrogen) atoms. The molecule has 0 aromatic heterocycles. The van der Waals surface area contributed by atoms with Gasteiger partial charge in [-0.15, -0.1) is 0 Å². The Morgan fingerprint density at radius 3 is 2.63 bits per heavy atom. The molecule has 0 atom stereocenters. The van der Waals surface area contributed by atoms with Crippen molar-refractivity contribution in [1.29, 1.82) is 0 Å². The van der Waals surface area contributed by atoms with Gasteiger partial charge in [0.25, 0.3) is 0 Å². The lowest BCUT2D eigenvalue weighted by atomic mass is 10.1. The van der Waals surface area contributed by atoms with Gasteiger partial charge in [0.15, 0.2) is 5.78 Å². The van der Waals surface area contributed by atoms with Gasteiger partial charge in [0.1, 0.15) is 0 Å². The van der Waals surface area contributed by atoms with Crippen molar-refractivity contribution in [3.05, 3.63) is 28.2 Å². The molecule has 2 rings (SSSR count). The predicted octanol–water partition coefficient (Wildman–Crippen LogP) is 3.39. The van der Waals surface area contributed by atoms with E-state index in [4.69, 9.17) is 0 Å². The summed E-state index contributed by atoms with van der Waals surface area (Å²) < 4.78 is 0.832. The molecule has 104 valence electrons. The zero-order valence-electron chi connectivity index (χ0n) is 11.2. The molecule has 0 heterocycles. The standard InChI is InChI=1S/C15H20BrNO2/c1-11(19)14-7-6-13(10-15(14)16)17(8-9-18)12-4-2-3-5-12/h6-7,10,12,18H,2-5,8-9H2,1H3. The van der Waals surface area contributed by atoms with E-state index < -0.39 is 0 Å². The van der Waals surface area contributed by atoms with E-state index in [-0.39, 0.29) is 12.4 Å². The van der Waals surface area contributed by atoms with E-state index in [1.54, 1.807) is 6.92 Å². The Labute approximate surface area is 122 Å². The summed E-state index contributed by atoms with van der Waals surface area (Å²) in [5.41, 5.74) is 1.79. The normalized spacial score (nSPS) is 15.7. The van der Waals surface area contributed by atoms with Gasteiger partial charge in [-0.25, -0.2) is 0 Å². The highest BCUT2D eigenvalue weighted by Crippen LogP contribution is 2.31. The maximum atomic E-state index is 11.4. The van der Waals surface area contributed by atoms with Crippen molar-refractivity contribution in [1.82, 2.24) is 0 Å². The monoisotopic (exact) mass is 325 g/mol. The van der Waals surface area contributed by atoms with Crippen LogP contribution in [0.1, 0.15) is 43.0 Å². The fourth-order valence-corrected chi connectivity index (χ4v) is 3.46. The zero-order chi connectivity index (χ0) is 13.8. The molecule has 0 unspecified atom stereocenters. The summed E-state index contributed by atoms with van der Waals surface area (Å²) in [7, 11) is 0. The molecule has 1 aliphatic rings. The fraction of sp³-hybridized carbons (Fsp3) is 0.533. The Bertz CT molecular complexity index is 455. The van der Waals surface area contributed by atoms with E-state index in [0.717, 1.165) is 10.2 Å². The number of nitrogens with zero attached hydrogens (tertiary/aromatic N) is 1. The molecule has 1 aromatic carbocycles. The number of halogens is 1. The molecule has 0 spiro atoms. The maximum Gasteiger partial charge on any atom is 0.160 e. The topological polar surface area (TPSA) is 40.5 Å². The number of rotatable bonds is 5. The number of Topliss-reactive ketones (excluding diaryl/α,β-unsaturated/α-hetero) is 1. The van der Waals surface area contributed by atoms with Crippen LogP contribution in [0.5, 0.6) is 0 Å². The van der Waals surface area contributed by atoms with Crippen LogP contribution in [0.3, 0.4) is 0 Å². The Hall–Kier alpha value is -0.870. The molecule has 0 bridgehead atoms. The second kappa shape index (κ2) is 6.53. The van der Waals surface area contributed by atoms with Crippen molar-refractivity contribution in [3.8, 4) is 0 Å². The lowest BCUT2D eigenvalue weighted by Crippen LogP contribution is -2.35. The minimum absolute atomic E-state index is 0.0630. The highest BCUT2D eigenvalue weighted by atomic mass is 79.9. The lowest BCUT2D eigenvalue weighted by molar-refractivity contribution is 0.101. The summed E-state index contributed by atoms with van der Waals surface area (Å²) in [6.45, 7) is 2.38. The van der Waals surface area contributed by atoms with Gasteiger partial charge in [0.05, 0.1) is 6.61 Å². The number of hydrogen-bond donors (Lipinski definition) is 1. The van der Waals surface area contributed by atoms with E-state index >= 15 is 0 Å². The fourth-order valence-electron chi connectivity index (χ4n) is 2.81. The molecule has 0 saturated heterocycles. The average molecular weight is 326 g/mol. The molecule has 1 aliphatic carbocycles. The first-order valence-electron chi connectivity index (χ1n) is 6.81. The summed E-state index contributed by atoms with van der Waals surface area (Å²) >= 11 is 3.47. The van der Waals surface area contributed by atoms with Gasteiger partial charge in [-0.05, 0) is 53.9 Å². The first-order chi connectivity index (χ1) is 9.13. The molecule has 0 amide bonds. The van der Waals surface area contributed by atoms with E-state index in [2.05, 4.69) is 20.8 Å². The summed E-state index contributed by atoms with van der Waals surface area (Å²) in [6, 6.07) is 6.35. The number of aliphatic hydroxyl groups is 1. The molecule has 0 radical (unpaired) electrons. The Balaban J connectivity index is 2.26. The van der Waals surface area contributed by atoms with E-state index in [1.807, 2.05) is 18.2 Å². The van der Waals surface area contributed by atoms with Gasteiger partial charge in [-0.3, -0.25) is 4.79 Å². The molecule has 4 heteroatoms. The highest BCUT2D eigenvalue weighted by molar-refractivity contribution is 9.10. The quantitative estimate of drug-likeness (QED) is 0.843. The number of hydrogen-bond acceptors (Lipinski definition) is 3. The largest absolute Gasteiger partial charge is 0.395 e. The van der Waals surface area contributed by atoms with Crippen molar-refractivity contribution in [3.63, 3.8) is 0 Å². The van der Waals surface area contributed by atoms with Crippen LogP contribution in [0, 0.1) is 0 Å². The molecule has 1 fully saturated rings. The summed E-state index contributed by atoms with van der Waals surface area (Å²) in [4.78, 5) is 13.7. The Kier molecular flexibility index (Phi) is 4.99. The average Bonchev–Trinajstić information content (AvgIpc) is 2.89. The second-order valence-corrected chi connectivity index (χ2v) is 5.93. The van der Waals surface area contributed by atoms with Gasteiger partial charge in [0, 0.05) is 28.3 Å². The third-order valence-electron chi connectivity index (χ3n) is 3.77. The van der Waals surface area contributed by atoms with Gasteiger partial charge < -0.3 is 10.0 Å². The summed E-state index contributed by atoms with van der Waals surface area (Å²) in [5.74, 6) is 0.0630. The SMILES string of the molecule is CC(=O)c1ccc(N(CCO)C2CCCC2)cc1Br. The van der Waals surface area contributed by atoms with Crippen molar-refractivity contribution in [2.75, 3.05) is 18.1 Å². The minimum Gasteiger partial charge on any atom is -0.395 e. The van der Waals surface area contributed by atoms with Crippen molar-refractivity contribution >= 4 is 27.4 Å². The number of aliphatic hydroxyl groups excluding tert-OH is 1. The smallest absolute Gasteiger partial charge is 0.160 e. The highest BCUT2D eigenvalue weighted by Gasteiger charge is 2.23. The first-order valence-corrected chi connectivity index (χ1v) is 7.60. The van der Waals surface area contributed by atoms with Crippen LogP contribution < -0.4 is 4.90 Å². The maximum absolute atomic E-state index is 11.4. The molecular formula is C15H20BrNO2. The van der Waals surface area contributed by atoms with Crippen molar-refractivity contribution in [2.45, 2.75) is 38.6 Å². The minimum atomic E-state index is 0.0630. The molecule has 1 aromatic rings. The lowest BCUT2D eigenvalue weighted by Gasteiger charge is -2.31. The van der Waals surface area contributed by atoms with E-state index in [1.165, 1.54) is 25.7 Å². The number of ketones is 1. The third kappa shape index (κ3) is 3.37. The van der Waals surface area contributed by atoms with Gasteiger partial charge in [-0.1, -0.05) is 12.8 Å². The van der Waals surface area contributed by atoms with Crippen molar-refractivity contribution in [2.24, 2.45) is 0 Å². The summed E-state index contributed by atoms with van der Waals surface area (Å²) in [6.07, 6.45) is 4.90. The Morgan fingerprint density at radius 2 is 2.11 bits per heavy atom. The van der Waals surface area contributed by atoms with Crippen LogP contribution in [0.25, 0.3) is 0 Å². The number of anilines is 1. The van der Waals surface area contributed by atoms with Gasteiger partial charge in [0.2, 0.25) is 0 Å². The van der Waals surface area contributed by atoms with E-state index in [9.17, 15) is 9.90 Å². The zero-order valence-corrected chi connectivity index (χ0v) is 12.8. The Morgan fingerprint density at radius 1 is 1.42 bits per heavy atom. The van der Waals surface area contributed by atoms with Crippen LogP contribution in [0.4, 0.5) is 5.69 Å². The molecule has 0 aliphatic heterocycles. The van der Waals surface area contributed by atoms with Crippen LogP contribution in [-0.4, -0.2) is 30.1 Å². The molecular weight excluding hydrogens is 306 g/mol. The van der Waals surface area contributed by atoms with Crippen LogP contribution in [0.15, 0.2) is 22.7 Å². The van der Waals surface area contributed by atoms with Crippen molar-refractivity contribution < 1.29 is 9.90 Å². The number of carbonyl (C=O) groups is 1. The van der Waals surface area contributed by atoms with Crippen LogP contribution in [-0.2, 0) is 0 Å². The summed E-state index contributed by atoms with van der Waals surface area (Å²) in [5, 5.41) is 9.26. The third-order valence-corrected chi connectivity index (χ3v) is 4.43. The van der Waals surface area contributed by atoms with Crippen LogP contribution >= 0.6 is 15.9 Å². The number of carbonyl (C=O) groups excluding carboxylic acids is 1. The molecule has 3 nitrogen and oxygen atoms in total. The first kappa shape index (κ1) is 14.5. The number of benzene rings is 1. The van der Waals surface area contributed by atoms with Crippen LogP contribution in [0.2, 0.25) is 0 Å². The predicted molar refractivity (Wildman–Crippen MR) is 80.8 cm³/mol. The van der Waals surface area contributed by atoms with Gasteiger partial charge >= 0.3 is 0 Å². The molecule has 1 saturated carbocycles. The molecule has 1 N–H and O–H groups in total. The van der Waals surface area contributed by atoms with Gasteiger partial charge in [-0.2, -0.15) is 0 Å².